The zero-order valence-corrected chi connectivity index (χ0v) is 18.1. The van der Waals surface area contributed by atoms with Crippen molar-refractivity contribution >= 4 is 27.5 Å². The first-order valence-corrected chi connectivity index (χ1v) is 11.3. The number of aryl methyl sites for hydroxylation is 1. The van der Waals surface area contributed by atoms with E-state index in [-0.39, 0.29) is 35.5 Å². The first-order valence-electron chi connectivity index (χ1n) is 9.89. The van der Waals surface area contributed by atoms with Crippen molar-refractivity contribution in [3.63, 3.8) is 0 Å². The molecule has 1 saturated heterocycles. The summed E-state index contributed by atoms with van der Waals surface area (Å²) in [6, 6.07) is 8.32. The molecule has 1 aromatic carbocycles. The summed E-state index contributed by atoms with van der Waals surface area (Å²) in [4.78, 5) is 24.2. The van der Waals surface area contributed by atoms with Crippen LogP contribution in [0.2, 0.25) is 0 Å². The quantitative estimate of drug-likeness (QED) is 0.563. The summed E-state index contributed by atoms with van der Waals surface area (Å²) in [6.07, 6.45) is 3.35. The molecule has 2 aromatic heterocycles. The molecule has 3 heterocycles. The number of rotatable bonds is 6. The number of piperidine rings is 1. The van der Waals surface area contributed by atoms with Gasteiger partial charge in [-0.25, -0.2) is 8.42 Å². The minimum absolute atomic E-state index is 0.00884. The number of nitrogens with two attached hydrogens (primary N) is 1. The molecule has 1 fully saturated rings. The fraction of sp³-hybridized carbons (Fsp3) is 0.300. The van der Waals surface area contributed by atoms with E-state index in [1.54, 1.807) is 31.3 Å². The molecular weight excluding hydrogens is 436 g/mol. The maximum Gasteiger partial charge on any atom is 0.265 e. The summed E-state index contributed by atoms with van der Waals surface area (Å²) in [7, 11) is -2.23. The number of benzene rings is 1. The number of sulfonamides is 1. The van der Waals surface area contributed by atoms with Crippen LogP contribution in [-0.4, -0.2) is 52.4 Å². The summed E-state index contributed by atoms with van der Waals surface area (Å²) in [5, 5.41) is 10.4. The van der Waals surface area contributed by atoms with Crippen LogP contribution in [0.1, 0.15) is 23.3 Å². The Bertz CT molecular complexity index is 1240. The lowest BCUT2D eigenvalue weighted by Crippen LogP contribution is -2.41. The molecule has 0 bridgehead atoms. The number of carbonyl (C=O) groups excluding carboxylic acids is 2. The minimum atomic E-state index is -3.79. The summed E-state index contributed by atoms with van der Waals surface area (Å²) in [6.45, 7) is 0.395. The van der Waals surface area contributed by atoms with E-state index in [9.17, 15) is 18.0 Å². The van der Waals surface area contributed by atoms with E-state index >= 15 is 0 Å². The lowest BCUT2D eigenvalue weighted by Gasteiger charge is -2.30. The Kier molecular flexibility index (Phi) is 5.80. The van der Waals surface area contributed by atoms with Crippen LogP contribution in [0.4, 0.5) is 5.69 Å². The van der Waals surface area contributed by atoms with Gasteiger partial charge in [0.05, 0.1) is 0 Å². The molecule has 4 rings (SSSR count). The fourth-order valence-corrected chi connectivity index (χ4v) is 5.24. The van der Waals surface area contributed by atoms with Crippen LogP contribution < -0.4 is 11.1 Å². The Morgan fingerprint density at radius 2 is 1.97 bits per heavy atom. The molecule has 11 nitrogen and oxygen atoms in total. The predicted molar refractivity (Wildman–Crippen MR) is 114 cm³/mol. The highest BCUT2D eigenvalue weighted by Crippen LogP contribution is 2.27. The maximum atomic E-state index is 12.9. The monoisotopic (exact) mass is 458 g/mol. The molecule has 0 spiro atoms. The van der Waals surface area contributed by atoms with E-state index in [4.69, 9.17) is 10.2 Å². The predicted octanol–water partition coefficient (Wildman–Crippen LogP) is 1.21. The molecule has 3 N–H and O–H groups in total. The van der Waals surface area contributed by atoms with Crippen molar-refractivity contribution in [2.75, 3.05) is 18.4 Å². The zero-order valence-electron chi connectivity index (χ0n) is 17.3. The molecule has 1 aliphatic rings. The molecule has 2 amide bonds. The number of hydrogen-bond donors (Lipinski definition) is 2. The van der Waals surface area contributed by atoms with Gasteiger partial charge in [-0.1, -0.05) is 6.07 Å². The van der Waals surface area contributed by atoms with Gasteiger partial charge in [0.2, 0.25) is 28.2 Å². The van der Waals surface area contributed by atoms with Crippen LogP contribution in [-0.2, 0) is 21.9 Å². The number of aromatic nitrogens is 3. The molecule has 1 aliphatic heterocycles. The second-order valence-electron chi connectivity index (χ2n) is 7.53. The number of nitrogens with zero attached hydrogens (tertiary/aromatic N) is 4. The van der Waals surface area contributed by atoms with E-state index in [1.165, 1.54) is 27.5 Å². The van der Waals surface area contributed by atoms with Gasteiger partial charge in [-0.2, -0.15) is 4.31 Å². The number of primary amides is 1. The number of anilines is 1. The average Bonchev–Trinajstić information content (AvgIpc) is 3.44. The Morgan fingerprint density at radius 3 is 2.59 bits per heavy atom. The summed E-state index contributed by atoms with van der Waals surface area (Å²) in [5.74, 6) is -0.863. The molecule has 0 atom stereocenters. The van der Waals surface area contributed by atoms with Gasteiger partial charge in [-0.05, 0) is 37.1 Å². The van der Waals surface area contributed by atoms with Crippen molar-refractivity contribution in [3.05, 3.63) is 48.6 Å². The molecule has 0 unspecified atom stereocenters. The third-order valence-corrected chi connectivity index (χ3v) is 7.30. The average molecular weight is 459 g/mol. The van der Waals surface area contributed by atoms with Crippen LogP contribution >= 0.6 is 0 Å². The smallest absolute Gasteiger partial charge is 0.265 e. The number of hydrogen-bond acceptors (Lipinski definition) is 7. The normalized spacial score (nSPS) is 15.5. The Balaban J connectivity index is 1.39. The molecule has 168 valence electrons. The van der Waals surface area contributed by atoms with Gasteiger partial charge >= 0.3 is 0 Å². The van der Waals surface area contributed by atoms with Crippen LogP contribution in [0, 0.1) is 5.92 Å². The van der Waals surface area contributed by atoms with Crippen molar-refractivity contribution in [1.82, 2.24) is 19.1 Å². The highest BCUT2D eigenvalue weighted by atomic mass is 32.2. The number of amides is 2. The van der Waals surface area contributed by atoms with Crippen LogP contribution in [0.15, 0.2) is 52.2 Å². The molecule has 0 radical (unpaired) electrons. The Labute approximate surface area is 184 Å². The summed E-state index contributed by atoms with van der Waals surface area (Å²) < 4.78 is 33.8. The van der Waals surface area contributed by atoms with Crippen molar-refractivity contribution in [3.8, 4) is 11.5 Å². The third kappa shape index (κ3) is 4.27. The molecular formula is C20H22N6O5S. The second kappa shape index (κ2) is 8.55. The topological polar surface area (TPSA) is 153 Å². The van der Waals surface area contributed by atoms with Crippen molar-refractivity contribution in [2.24, 2.45) is 18.7 Å². The number of carbonyl (C=O) groups is 2. The van der Waals surface area contributed by atoms with Crippen LogP contribution in [0.3, 0.4) is 0 Å². The largest absolute Gasteiger partial charge is 0.423 e. The molecule has 3 aromatic rings. The first kappa shape index (κ1) is 21.7. The second-order valence-corrected chi connectivity index (χ2v) is 9.47. The lowest BCUT2D eigenvalue weighted by atomic mass is 9.97. The van der Waals surface area contributed by atoms with Crippen LogP contribution in [0.25, 0.3) is 11.5 Å². The third-order valence-electron chi connectivity index (χ3n) is 5.43. The van der Waals surface area contributed by atoms with E-state index in [2.05, 4.69) is 15.5 Å². The molecule has 0 aliphatic carbocycles. The van der Waals surface area contributed by atoms with Gasteiger partial charge in [0.1, 0.15) is 10.6 Å². The van der Waals surface area contributed by atoms with E-state index in [0.717, 1.165) is 0 Å². The Hall–Kier alpha value is -3.51. The van der Waals surface area contributed by atoms with Gasteiger partial charge in [0.25, 0.3) is 5.91 Å². The molecule has 0 saturated carbocycles. The van der Waals surface area contributed by atoms with Crippen molar-refractivity contribution in [2.45, 2.75) is 17.7 Å². The van der Waals surface area contributed by atoms with E-state index < -0.39 is 15.9 Å². The van der Waals surface area contributed by atoms with Crippen LogP contribution in [0.5, 0.6) is 0 Å². The van der Waals surface area contributed by atoms with Gasteiger partial charge in [0, 0.05) is 43.5 Å². The van der Waals surface area contributed by atoms with E-state index in [1.807, 2.05) is 0 Å². The van der Waals surface area contributed by atoms with Crippen molar-refractivity contribution in [1.29, 1.82) is 0 Å². The van der Waals surface area contributed by atoms with Gasteiger partial charge in [-0.15, -0.1) is 10.2 Å². The summed E-state index contributed by atoms with van der Waals surface area (Å²) in [5.41, 5.74) is 6.66. The standard InChI is InChI=1S/C20H22N6O5S/c1-25-11-16(10-17(25)18(21)27)32(29,30)26-7-5-13(6-8-26)19(28)23-15-4-2-3-14(9-15)20-24-22-12-31-20/h2-4,9-13H,5-8H2,1H3,(H2,21,27)(H,23,28). The maximum absolute atomic E-state index is 12.9. The minimum Gasteiger partial charge on any atom is -0.423 e. The zero-order chi connectivity index (χ0) is 22.9. The van der Waals surface area contributed by atoms with Gasteiger partial charge in [-0.3, -0.25) is 9.59 Å². The van der Waals surface area contributed by atoms with Gasteiger partial charge < -0.3 is 20.0 Å². The SMILES string of the molecule is Cn1cc(S(=O)(=O)N2CCC(C(=O)Nc3cccc(-c4nnco4)c3)CC2)cc1C(N)=O. The summed E-state index contributed by atoms with van der Waals surface area (Å²) >= 11 is 0. The van der Waals surface area contributed by atoms with Crippen molar-refractivity contribution < 1.29 is 22.4 Å². The molecule has 12 heteroatoms. The number of nitrogens with one attached hydrogen (secondary N) is 1. The first-order chi connectivity index (χ1) is 15.3. The van der Waals surface area contributed by atoms with Gasteiger partial charge in [0.15, 0.2) is 0 Å². The van der Waals surface area contributed by atoms with E-state index in [0.29, 0.717) is 30.0 Å². The highest BCUT2D eigenvalue weighted by Gasteiger charge is 2.33. The molecule has 32 heavy (non-hydrogen) atoms. The highest BCUT2D eigenvalue weighted by molar-refractivity contribution is 7.89. The Morgan fingerprint density at radius 1 is 1.22 bits per heavy atom. The lowest BCUT2D eigenvalue weighted by molar-refractivity contribution is -0.120. The fourth-order valence-electron chi connectivity index (χ4n) is 3.70.